The molecule has 0 spiro atoms. The lowest BCUT2D eigenvalue weighted by atomic mass is 9.97. The van der Waals surface area contributed by atoms with Crippen LogP contribution in [0.25, 0.3) is 66.1 Å². The number of benzene rings is 5. The number of phenolic OH excluding ortho intramolecular Hbond substituents is 1. The summed E-state index contributed by atoms with van der Waals surface area (Å²) >= 11 is 43.7. The molecular formula is C92H104Cl5N15O11S5. The predicted octanol–water partition coefficient (Wildman–Crippen LogP) is 20.5. The van der Waals surface area contributed by atoms with E-state index in [1.807, 2.05) is 189 Å². The Hall–Kier alpha value is -9.38. The van der Waals surface area contributed by atoms with Crippen molar-refractivity contribution in [1.29, 1.82) is 0 Å². The van der Waals surface area contributed by atoms with Crippen molar-refractivity contribution in [2.45, 2.75) is 156 Å². The summed E-state index contributed by atoms with van der Waals surface area (Å²) in [4.78, 5) is 52.2. The number of hydrogen-bond acceptors (Lipinski definition) is 21. The molecule has 14 aromatic rings. The average Bonchev–Trinajstić information content (AvgIpc) is 1.58. The van der Waals surface area contributed by atoms with Gasteiger partial charge in [-0.05, 0) is 187 Å². The number of esters is 3. The standard InChI is InChI=1S/C32H34ClN5O3S2.C27H31Cl2N5O4S.C26H31Cl2N5O3S.C7H8OS/c1-18-11-23-14-24(12-18)43-16-22-13-21(34-37(22)5)15-42-17-26-29(20(3)36(4)35-26)30-25(33)7-8-27-28(30)19(2)31(32(39)40)38(27)9-6-10-41-23;1-15-23-21(34(10-9-22(35)37-5)26(15)27(36)38-6)8-7-19(29)25(23)24-16(2)32(3)31-20(24)14-39-13-17-11-18(12-28)33(4)30-17;1-15-22-21(33(9-6-10-34)25(15)26(35)36-5)8-7-19(28)24(22)23-16(2)31(3)30-20(23)14-37-13-17-11-18(12-27)32(4)29-17;1-5-2-6(8)4-7(9)3-5/h7-8,11-14H,6,9-10,15-17H2,1-5H3,(H,39,40);7-8,11H,9-10,12-14H2,1-6H3;7-8,11,34H,6,9-10,12-14H2,1-5H3;2-4,8-9H,1H3. The summed E-state index contributed by atoms with van der Waals surface area (Å²) in [5.74, 6) is 4.62. The molecule has 8 bridgehead atoms. The van der Waals surface area contributed by atoms with Gasteiger partial charge in [0.2, 0.25) is 0 Å². The molecule has 0 fully saturated rings. The molecule has 1 aliphatic heterocycles. The smallest absolute Gasteiger partial charge is 0.354 e. The van der Waals surface area contributed by atoms with Crippen molar-refractivity contribution in [2.75, 3.05) is 34.5 Å². The number of alkyl halides is 2. The molecule has 0 atom stereocenters. The summed E-state index contributed by atoms with van der Waals surface area (Å²) < 4.78 is 38.0. The summed E-state index contributed by atoms with van der Waals surface area (Å²) in [6, 6.07) is 29.0. The zero-order valence-electron chi connectivity index (χ0n) is 74.5. The monoisotopic (exact) mass is 1930 g/mol. The number of carbonyl (C=O) groups is 4. The van der Waals surface area contributed by atoms with E-state index in [0.29, 0.717) is 99.3 Å². The van der Waals surface area contributed by atoms with E-state index in [-0.39, 0.29) is 37.0 Å². The Morgan fingerprint density at radius 3 is 1.53 bits per heavy atom. The van der Waals surface area contributed by atoms with E-state index in [2.05, 4.69) is 47.9 Å². The molecule has 0 saturated carbocycles. The maximum atomic E-state index is 12.9. The van der Waals surface area contributed by atoms with Crippen molar-refractivity contribution in [3.8, 4) is 44.9 Å². The number of carboxylic acid groups (broad SMARTS) is 1. The summed E-state index contributed by atoms with van der Waals surface area (Å²) in [5, 5.41) is 61.4. The highest BCUT2D eigenvalue weighted by atomic mass is 35.5. The number of rotatable bonds is 21. The lowest BCUT2D eigenvalue weighted by Gasteiger charge is -2.13. The van der Waals surface area contributed by atoms with Gasteiger partial charge in [0.1, 0.15) is 28.6 Å². The van der Waals surface area contributed by atoms with Crippen molar-refractivity contribution < 1.29 is 53.4 Å². The van der Waals surface area contributed by atoms with Gasteiger partial charge in [-0.15, -0.1) is 82.9 Å². The number of aliphatic hydroxyl groups is 1. The molecule has 15 rings (SSSR count). The van der Waals surface area contributed by atoms with Crippen molar-refractivity contribution in [2.24, 2.45) is 42.3 Å². The SMILES string of the molecule is COC(=O)CCn1c(C(=O)OC)c(C)c2c(-c3c(CSCc4cc(CCl)n(C)n4)nn(C)c3C)c(Cl)ccc21.COC(=O)c1c(C)c2c(-c3c(CSCc4cc(CCl)n(C)n4)nn(C)c3C)c(Cl)ccc2n1CCCO.Cc1cc(O)cc(S)c1.Cc1cc2cc(c1)SCc1cc(nn1C)CSCc1nn(C)c(C)c1-c1c(Cl)ccc3c1c(C)c(C(=O)O)n3CCCO2. The second-order valence-electron chi connectivity index (χ2n) is 31.1. The number of hydrogen-bond donors (Lipinski definition) is 4. The third-order valence-corrected chi connectivity index (χ3v) is 28.3. The molecule has 0 saturated heterocycles. The average molecular weight is 1930 g/mol. The molecule has 5 aromatic carbocycles. The number of aromatic nitrogens is 15. The fourth-order valence-corrected chi connectivity index (χ4v) is 21.6. The van der Waals surface area contributed by atoms with Gasteiger partial charge in [-0.1, -0.05) is 34.8 Å². The number of nitrogens with zero attached hydrogens (tertiary/aromatic N) is 15. The highest BCUT2D eigenvalue weighted by Crippen LogP contribution is 2.48. The number of aliphatic hydroxyl groups excluding tert-OH is 1. The van der Waals surface area contributed by atoms with Gasteiger partial charge in [0.25, 0.3) is 0 Å². The van der Waals surface area contributed by atoms with Gasteiger partial charge >= 0.3 is 23.9 Å². The zero-order chi connectivity index (χ0) is 92.5. The molecule has 0 unspecified atom stereocenters. The number of thioether (sulfide) groups is 4. The topological polar surface area (TPSA) is 288 Å². The number of carboxylic acids is 1. The van der Waals surface area contributed by atoms with Crippen LogP contribution in [0.4, 0.5) is 0 Å². The maximum Gasteiger partial charge on any atom is 0.354 e. The summed E-state index contributed by atoms with van der Waals surface area (Å²) in [5.41, 5.74) is 25.0. The van der Waals surface area contributed by atoms with Crippen LogP contribution < -0.4 is 4.74 Å². The largest absolute Gasteiger partial charge is 0.508 e. The Morgan fingerprint density at radius 2 is 1.03 bits per heavy atom. The van der Waals surface area contributed by atoms with Crippen LogP contribution in [0.3, 0.4) is 0 Å². The van der Waals surface area contributed by atoms with Gasteiger partial charge in [-0.3, -0.25) is 32.9 Å². The molecule has 36 heteroatoms. The summed E-state index contributed by atoms with van der Waals surface area (Å²) in [7, 11) is 15.6. The summed E-state index contributed by atoms with van der Waals surface area (Å²) in [6.07, 6.45) is 1.26. The minimum Gasteiger partial charge on any atom is -0.508 e. The maximum absolute atomic E-state index is 12.9. The van der Waals surface area contributed by atoms with E-state index in [0.717, 1.165) is 189 Å². The molecule has 128 heavy (non-hydrogen) atoms. The molecule has 678 valence electrons. The normalized spacial score (nSPS) is 12.3. The van der Waals surface area contributed by atoms with Gasteiger partial charge in [0.15, 0.2) is 0 Å². The first-order valence-electron chi connectivity index (χ1n) is 41.0. The molecule has 0 aliphatic carbocycles. The molecular weight excluding hydrogens is 1830 g/mol. The minimum absolute atomic E-state index is 0.0194. The number of ether oxygens (including phenoxy) is 4. The van der Waals surface area contributed by atoms with Crippen LogP contribution in [-0.2, 0) is 133 Å². The number of aromatic hydroxyl groups is 1. The minimum atomic E-state index is -0.958. The quantitative estimate of drug-likeness (QED) is 0.0225. The third kappa shape index (κ3) is 21.3. The van der Waals surface area contributed by atoms with Crippen LogP contribution in [-0.4, -0.2) is 146 Å². The van der Waals surface area contributed by atoms with Gasteiger partial charge in [0, 0.05) is 223 Å². The number of fused-ring (bicyclic) bond motifs is 8. The first kappa shape index (κ1) is 97.7. The van der Waals surface area contributed by atoms with Crippen LogP contribution >= 0.6 is 118 Å². The lowest BCUT2D eigenvalue weighted by Crippen LogP contribution is -2.14. The highest BCUT2D eigenvalue weighted by molar-refractivity contribution is 7.98. The van der Waals surface area contributed by atoms with Crippen LogP contribution in [0.2, 0.25) is 15.1 Å². The van der Waals surface area contributed by atoms with Crippen LogP contribution in [0.1, 0.15) is 147 Å². The van der Waals surface area contributed by atoms with E-state index in [1.54, 1.807) is 63.9 Å². The van der Waals surface area contributed by atoms with Gasteiger partial charge < -0.3 is 48.0 Å². The van der Waals surface area contributed by atoms with Crippen LogP contribution in [0.15, 0.2) is 101 Å². The van der Waals surface area contributed by atoms with E-state index < -0.39 is 17.9 Å². The number of carbonyl (C=O) groups excluding carboxylic acids is 3. The van der Waals surface area contributed by atoms with Crippen LogP contribution in [0, 0.1) is 55.4 Å². The number of methoxy groups -OCH3 is 3. The Labute approximate surface area is 790 Å². The number of halogens is 5. The predicted molar refractivity (Wildman–Crippen MR) is 519 cm³/mol. The Bertz CT molecular complexity index is 6460. The van der Waals surface area contributed by atoms with Crippen molar-refractivity contribution >= 4 is 174 Å². The lowest BCUT2D eigenvalue weighted by molar-refractivity contribution is -0.140. The van der Waals surface area contributed by atoms with Gasteiger partial charge in [-0.2, -0.15) is 30.6 Å². The second-order valence-corrected chi connectivity index (χ2v) is 37.4. The van der Waals surface area contributed by atoms with Gasteiger partial charge in [0.05, 0.1) is 91.7 Å². The molecule has 10 heterocycles. The molecule has 0 amide bonds. The second kappa shape index (κ2) is 43.1. The molecule has 0 radical (unpaired) electrons. The fraction of sp³-hybridized carbons (Fsp3) is 0.370. The molecule has 26 nitrogen and oxygen atoms in total. The molecule has 1 aliphatic rings. The first-order valence-corrected chi connectivity index (χ1v) is 48.1. The Balaban J connectivity index is 0.000000166. The number of aromatic carboxylic acids is 1. The van der Waals surface area contributed by atoms with Crippen molar-refractivity contribution in [3.63, 3.8) is 0 Å². The van der Waals surface area contributed by atoms with Crippen LogP contribution in [0.5, 0.6) is 11.5 Å². The third-order valence-electron chi connectivity index (χ3n) is 22.6. The van der Waals surface area contributed by atoms with Gasteiger partial charge in [-0.25, -0.2) is 14.4 Å². The number of aryl methyl sites for hydroxylation is 14. The van der Waals surface area contributed by atoms with E-state index >= 15 is 0 Å². The number of thiol groups is 1. The summed E-state index contributed by atoms with van der Waals surface area (Å²) in [6.45, 7) is 17.4. The molecule has 9 aromatic heterocycles. The van der Waals surface area contributed by atoms with Crippen molar-refractivity contribution in [1.82, 2.24) is 72.4 Å². The zero-order valence-corrected chi connectivity index (χ0v) is 82.4. The Kier molecular flexibility index (Phi) is 32.9. The first-order chi connectivity index (χ1) is 61.1. The van der Waals surface area contributed by atoms with E-state index in [1.165, 1.54) is 21.3 Å². The number of phenols is 1. The fourth-order valence-electron chi connectivity index (χ4n) is 16.4. The molecule has 3 N–H and O–H groups in total. The van der Waals surface area contributed by atoms with Crippen molar-refractivity contribution in [3.05, 3.63) is 219 Å². The van der Waals surface area contributed by atoms with E-state index in [4.69, 9.17) is 102 Å². The van der Waals surface area contributed by atoms with E-state index in [9.17, 15) is 29.4 Å². The highest BCUT2D eigenvalue weighted by Gasteiger charge is 2.33. The Morgan fingerprint density at radius 1 is 0.531 bits per heavy atom.